The van der Waals surface area contributed by atoms with E-state index < -0.39 is 22.0 Å². The first-order chi connectivity index (χ1) is 13.8. The number of para-hydroxylation sites is 1. The fourth-order valence-electron chi connectivity index (χ4n) is 2.69. The van der Waals surface area contributed by atoms with Gasteiger partial charge in [0.25, 0.3) is 0 Å². The van der Waals surface area contributed by atoms with Crippen molar-refractivity contribution in [3.8, 4) is 0 Å². The lowest BCUT2D eigenvalue weighted by atomic mass is 10.1. The minimum absolute atomic E-state index is 0.0734. The third-order valence-corrected chi connectivity index (χ3v) is 6.50. The van der Waals surface area contributed by atoms with E-state index in [0.717, 1.165) is 10.0 Å². The Morgan fingerprint density at radius 3 is 2.21 bits per heavy atom. The number of sulfonamides is 1. The molecule has 0 aliphatic carbocycles. The van der Waals surface area contributed by atoms with Crippen LogP contribution in [0.5, 0.6) is 0 Å². The van der Waals surface area contributed by atoms with Crippen LogP contribution in [0, 0.1) is 0 Å². The van der Waals surface area contributed by atoms with Gasteiger partial charge < -0.3 is 5.32 Å². The Hall–Kier alpha value is -2.19. The van der Waals surface area contributed by atoms with Gasteiger partial charge in [0.2, 0.25) is 15.9 Å². The summed E-state index contributed by atoms with van der Waals surface area (Å²) in [7, 11) is -3.91. The molecule has 5 nitrogen and oxygen atoms in total. The number of benzene rings is 3. The largest absolute Gasteiger partial charge is 0.323 e. The molecular weight excluding hydrogens is 476 g/mol. The number of hydrogen-bond donors (Lipinski definition) is 2. The van der Waals surface area contributed by atoms with Gasteiger partial charge in [-0.3, -0.25) is 4.79 Å². The fourth-order valence-corrected chi connectivity index (χ4v) is 4.33. The first kappa shape index (κ1) is 21.5. The molecule has 0 spiro atoms. The van der Waals surface area contributed by atoms with Crippen molar-refractivity contribution in [1.29, 1.82) is 0 Å². The predicted molar refractivity (Wildman–Crippen MR) is 118 cm³/mol. The van der Waals surface area contributed by atoms with Gasteiger partial charge in [-0.15, -0.1) is 0 Å². The normalized spacial score (nSPS) is 12.3. The summed E-state index contributed by atoms with van der Waals surface area (Å²) in [4.78, 5) is 13.0. The molecule has 0 unspecified atom stereocenters. The Bertz CT molecular complexity index is 1090. The fraction of sp³-hybridized carbons (Fsp3) is 0.0952. The Kier molecular flexibility index (Phi) is 7.08. The summed E-state index contributed by atoms with van der Waals surface area (Å²) >= 11 is 9.40. The summed E-state index contributed by atoms with van der Waals surface area (Å²) < 4.78 is 28.9. The molecule has 150 valence electrons. The highest BCUT2D eigenvalue weighted by Gasteiger charge is 2.26. The molecule has 29 heavy (non-hydrogen) atoms. The molecule has 3 rings (SSSR count). The molecule has 0 saturated heterocycles. The highest BCUT2D eigenvalue weighted by Crippen LogP contribution is 2.21. The first-order valence-electron chi connectivity index (χ1n) is 8.72. The van der Waals surface area contributed by atoms with Crippen molar-refractivity contribution in [2.45, 2.75) is 17.4 Å². The lowest BCUT2D eigenvalue weighted by Crippen LogP contribution is -2.45. The zero-order valence-corrected chi connectivity index (χ0v) is 18.3. The molecule has 1 amide bonds. The van der Waals surface area contributed by atoms with Gasteiger partial charge in [0.1, 0.15) is 6.04 Å². The molecule has 0 radical (unpaired) electrons. The Morgan fingerprint density at radius 1 is 0.931 bits per heavy atom. The van der Waals surface area contributed by atoms with Gasteiger partial charge in [-0.2, -0.15) is 4.72 Å². The van der Waals surface area contributed by atoms with E-state index in [9.17, 15) is 13.2 Å². The quantitative estimate of drug-likeness (QED) is 0.504. The number of nitrogens with one attached hydrogen (secondary N) is 2. The van der Waals surface area contributed by atoms with Crippen LogP contribution in [0.25, 0.3) is 0 Å². The van der Waals surface area contributed by atoms with Gasteiger partial charge in [0.15, 0.2) is 0 Å². The van der Waals surface area contributed by atoms with E-state index in [2.05, 4.69) is 26.0 Å². The molecule has 0 fully saturated rings. The average Bonchev–Trinajstić information content (AvgIpc) is 2.70. The van der Waals surface area contributed by atoms with Crippen molar-refractivity contribution in [2.24, 2.45) is 0 Å². The van der Waals surface area contributed by atoms with Gasteiger partial charge in [-0.1, -0.05) is 70.0 Å². The highest BCUT2D eigenvalue weighted by atomic mass is 79.9. The van der Waals surface area contributed by atoms with Crippen molar-refractivity contribution in [2.75, 3.05) is 5.32 Å². The van der Waals surface area contributed by atoms with Crippen LogP contribution < -0.4 is 10.0 Å². The lowest BCUT2D eigenvalue weighted by molar-refractivity contribution is -0.117. The van der Waals surface area contributed by atoms with Crippen LogP contribution >= 0.6 is 27.5 Å². The number of carbonyl (C=O) groups is 1. The maximum Gasteiger partial charge on any atom is 0.242 e. The minimum Gasteiger partial charge on any atom is -0.323 e. The molecule has 0 aromatic heterocycles. The zero-order chi connectivity index (χ0) is 20.9. The molecule has 1 atom stereocenters. The third-order valence-electron chi connectivity index (χ3n) is 4.15. The number of hydrogen-bond acceptors (Lipinski definition) is 3. The van der Waals surface area contributed by atoms with Crippen LogP contribution in [0.4, 0.5) is 5.69 Å². The van der Waals surface area contributed by atoms with Crippen molar-refractivity contribution in [1.82, 2.24) is 4.72 Å². The summed E-state index contributed by atoms with van der Waals surface area (Å²) in [6, 6.07) is 21.2. The number of rotatable bonds is 7. The first-order valence-corrected chi connectivity index (χ1v) is 11.4. The Balaban J connectivity index is 1.87. The van der Waals surface area contributed by atoms with E-state index in [4.69, 9.17) is 11.6 Å². The molecule has 3 aromatic rings. The van der Waals surface area contributed by atoms with Gasteiger partial charge in [0.05, 0.1) is 15.6 Å². The monoisotopic (exact) mass is 492 g/mol. The van der Waals surface area contributed by atoms with Crippen molar-refractivity contribution in [3.63, 3.8) is 0 Å². The standard InChI is InChI=1S/C21H18BrClN2O3S/c22-16-10-12-17(13-11-16)29(27,28)25-20(14-15-6-2-1-3-7-15)21(26)24-19-9-5-4-8-18(19)23/h1-13,20,25H,14H2,(H,24,26)/t20-/m1/s1. The summed E-state index contributed by atoms with van der Waals surface area (Å²) in [5.41, 5.74) is 1.24. The Labute approximate surface area is 183 Å². The summed E-state index contributed by atoms with van der Waals surface area (Å²) in [6.45, 7) is 0. The third kappa shape index (κ3) is 5.90. The average molecular weight is 494 g/mol. The number of halogens is 2. The van der Waals surface area contributed by atoms with E-state index in [-0.39, 0.29) is 11.3 Å². The maximum absolute atomic E-state index is 12.9. The van der Waals surface area contributed by atoms with E-state index >= 15 is 0 Å². The van der Waals surface area contributed by atoms with E-state index in [1.54, 1.807) is 36.4 Å². The molecule has 0 aliphatic rings. The number of amides is 1. The molecule has 3 aromatic carbocycles. The molecule has 0 bridgehead atoms. The van der Waals surface area contributed by atoms with Crippen molar-refractivity contribution in [3.05, 3.63) is 93.9 Å². The Morgan fingerprint density at radius 2 is 1.55 bits per heavy atom. The topological polar surface area (TPSA) is 75.3 Å². The molecule has 0 heterocycles. The number of anilines is 1. The maximum atomic E-state index is 12.9. The summed E-state index contributed by atoms with van der Waals surface area (Å²) in [6.07, 6.45) is 0.187. The van der Waals surface area contributed by atoms with Gasteiger partial charge >= 0.3 is 0 Å². The number of carbonyl (C=O) groups excluding carboxylic acids is 1. The van der Waals surface area contributed by atoms with Gasteiger partial charge in [-0.25, -0.2) is 8.42 Å². The molecule has 0 saturated carbocycles. The van der Waals surface area contributed by atoms with Crippen LogP contribution in [-0.4, -0.2) is 20.4 Å². The van der Waals surface area contributed by atoms with Gasteiger partial charge in [-0.05, 0) is 48.4 Å². The van der Waals surface area contributed by atoms with Crippen molar-refractivity contribution >= 4 is 49.1 Å². The van der Waals surface area contributed by atoms with Crippen LogP contribution in [-0.2, 0) is 21.2 Å². The second-order valence-electron chi connectivity index (χ2n) is 6.29. The zero-order valence-electron chi connectivity index (χ0n) is 15.2. The molecular formula is C21H18BrClN2O3S. The lowest BCUT2D eigenvalue weighted by Gasteiger charge is -2.19. The van der Waals surface area contributed by atoms with Crippen molar-refractivity contribution < 1.29 is 13.2 Å². The molecule has 0 aliphatic heterocycles. The van der Waals surface area contributed by atoms with E-state index in [1.165, 1.54) is 12.1 Å². The second kappa shape index (κ2) is 9.54. The van der Waals surface area contributed by atoms with Crippen LogP contribution in [0.15, 0.2) is 88.2 Å². The SMILES string of the molecule is O=C(Nc1ccccc1Cl)[C@@H](Cc1ccccc1)NS(=O)(=O)c1ccc(Br)cc1. The highest BCUT2D eigenvalue weighted by molar-refractivity contribution is 9.10. The molecule has 2 N–H and O–H groups in total. The molecule has 8 heteroatoms. The smallest absolute Gasteiger partial charge is 0.242 e. The predicted octanol–water partition coefficient (Wildman–Crippen LogP) is 4.63. The van der Waals surface area contributed by atoms with Crippen LogP contribution in [0.2, 0.25) is 5.02 Å². The van der Waals surface area contributed by atoms with Crippen LogP contribution in [0.3, 0.4) is 0 Å². The summed E-state index contributed by atoms with van der Waals surface area (Å²) in [5.74, 6) is -0.498. The van der Waals surface area contributed by atoms with Crippen LogP contribution in [0.1, 0.15) is 5.56 Å². The minimum atomic E-state index is -3.91. The summed E-state index contributed by atoms with van der Waals surface area (Å²) in [5, 5.41) is 3.08. The van der Waals surface area contributed by atoms with Gasteiger partial charge in [0, 0.05) is 4.47 Å². The van der Waals surface area contributed by atoms with E-state index in [1.807, 2.05) is 30.3 Å². The van der Waals surface area contributed by atoms with E-state index in [0.29, 0.717) is 10.7 Å². The second-order valence-corrected chi connectivity index (χ2v) is 9.32.